The molecule has 0 saturated carbocycles. The number of rotatable bonds is 6. The van der Waals surface area contributed by atoms with Crippen LogP contribution in [0, 0.1) is 0 Å². The molecule has 44 heavy (non-hydrogen) atoms. The molecule has 1 N–H and O–H groups in total. The molecule has 4 saturated heterocycles. The predicted octanol–water partition coefficient (Wildman–Crippen LogP) is 3.41. The second-order valence-electron chi connectivity index (χ2n) is 13.0. The van der Waals surface area contributed by atoms with Crippen molar-refractivity contribution >= 4 is 34.4 Å². The minimum Gasteiger partial charge on any atom is -0.489 e. The third-order valence-electron chi connectivity index (χ3n) is 10.1. The molecule has 10 nitrogen and oxygen atoms in total. The lowest BCUT2D eigenvalue weighted by atomic mass is 9.95. The number of amides is 3. The maximum atomic E-state index is 13.0. The summed E-state index contributed by atoms with van der Waals surface area (Å²) in [5.41, 5.74) is 3.87. The third-order valence-corrected chi connectivity index (χ3v) is 10.1. The fourth-order valence-electron chi connectivity index (χ4n) is 7.83. The number of nitrogens with one attached hydrogen (secondary N) is 1. The molecule has 0 radical (unpaired) electrons. The molecule has 5 aliphatic heterocycles. The van der Waals surface area contributed by atoms with Gasteiger partial charge >= 0.3 is 0 Å². The van der Waals surface area contributed by atoms with Gasteiger partial charge < -0.3 is 19.3 Å². The first-order valence-corrected chi connectivity index (χ1v) is 15.9. The second kappa shape index (κ2) is 10.9. The first kappa shape index (κ1) is 27.5. The Morgan fingerprint density at radius 2 is 1.95 bits per heavy atom. The lowest BCUT2D eigenvalue weighted by molar-refractivity contribution is -0.136. The van der Waals surface area contributed by atoms with Crippen molar-refractivity contribution in [1.29, 1.82) is 0 Å². The molecule has 8 rings (SSSR count). The SMILES string of the molecule is O=C1CCC(N2Cc3cc(O[C@H]4CCN(Cc5ccc6nc(N7CCC[C@@]78CCOC8)ccc6c5)C4)ccc3C2=O)C(=O)N1. The van der Waals surface area contributed by atoms with E-state index in [2.05, 4.69) is 45.4 Å². The molecule has 1 unspecified atom stereocenters. The van der Waals surface area contributed by atoms with Crippen LogP contribution in [0.25, 0.3) is 10.9 Å². The number of ether oxygens (including phenoxy) is 2. The number of aromatic nitrogens is 1. The Bertz CT molecular complexity index is 1650. The number of benzene rings is 2. The number of carbonyl (C=O) groups is 3. The van der Waals surface area contributed by atoms with E-state index in [9.17, 15) is 14.4 Å². The van der Waals surface area contributed by atoms with Crippen LogP contribution in [0.5, 0.6) is 5.75 Å². The zero-order valence-corrected chi connectivity index (χ0v) is 24.8. The number of nitrogens with zero attached hydrogens (tertiary/aromatic N) is 4. The van der Waals surface area contributed by atoms with E-state index >= 15 is 0 Å². The van der Waals surface area contributed by atoms with Gasteiger partial charge in [0.15, 0.2) is 0 Å². The molecule has 5 aliphatic rings. The van der Waals surface area contributed by atoms with Crippen molar-refractivity contribution in [3.8, 4) is 5.75 Å². The fraction of sp³-hybridized carbons (Fsp3) is 0.471. The average molecular weight is 596 g/mol. The summed E-state index contributed by atoms with van der Waals surface area (Å²) in [5, 5.41) is 3.52. The Labute approximate surface area is 256 Å². The number of pyridine rings is 1. The monoisotopic (exact) mass is 595 g/mol. The molecule has 4 fully saturated rings. The van der Waals surface area contributed by atoms with E-state index < -0.39 is 11.9 Å². The minimum absolute atomic E-state index is 0.0634. The Hall–Kier alpha value is -4.02. The summed E-state index contributed by atoms with van der Waals surface area (Å²) in [6, 6.07) is 15.9. The van der Waals surface area contributed by atoms with Crippen LogP contribution < -0.4 is 15.0 Å². The zero-order valence-electron chi connectivity index (χ0n) is 24.8. The number of likely N-dealkylation sites (tertiary alicyclic amines) is 1. The summed E-state index contributed by atoms with van der Waals surface area (Å²) >= 11 is 0. The van der Waals surface area contributed by atoms with E-state index in [0.29, 0.717) is 18.5 Å². The molecular formula is C34H37N5O5. The molecular weight excluding hydrogens is 558 g/mol. The second-order valence-corrected chi connectivity index (χ2v) is 13.0. The van der Waals surface area contributed by atoms with Gasteiger partial charge in [0, 0.05) is 56.7 Å². The van der Waals surface area contributed by atoms with Gasteiger partial charge in [0.25, 0.3) is 5.91 Å². The van der Waals surface area contributed by atoms with Gasteiger partial charge in [-0.05, 0) is 85.7 Å². The van der Waals surface area contributed by atoms with Crippen molar-refractivity contribution in [2.24, 2.45) is 0 Å². The lowest BCUT2D eigenvalue weighted by Gasteiger charge is -2.34. The highest BCUT2D eigenvalue weighted by atomic mass is 16.5. The maximum Gasteiger partial charge on any atom is 0.255 e. The van der Waals surface area contributed by atoms with Gasteiger partial charge in [-0.15, -0.1) is 0 Å². The van der Waals surface area contributed by atoms with Gasteiger partial charge in [0.2, 0.25) is 11.8 Å². The molecule has 6 heterocycles. The van der Waals surface area contributed by atoms with E-state index in [1.54, 1.807) is 11.0 Å². The smallest absolute Gasteiger partial charge is 0.255 e. The van der Waals surface area contributed by atoms with Crippen LogP contribution in [0.15, 0.2) is 48.5 Å². The molecule has 0 bridgehead atoms. The molecule has 10 heteroatoms. The molecule has 1 spiro atoms. The predicted molar refractivity (Wildman–Crippen MR) is 163 cm³/mol. The van der Waals surface area contributed by atoms with Crippen LogP contribution in [0.1, 0.15) is 60.0 Å². The highest BCUT2D eigenvalue weighted by molar-refractivity contribution is 6.05. The summed E-state index contributed by atoms with van der Waals surface area (Å²) in [6.07, 6.45) is 5.05. The van der Waals surface area contributed by atoms with E-state index in [1.807, 2.05) is 12.1 Å². The van der Waals surface area contributed by atoms with Gasteiger partial charge in [-0.1, -0.05) is 6.07 Å². The Morgan fingerprint density at radius 3 is 2.82 bits per heavy atom. The lowest BCUT2D eigenvalue weighted by Crippen LogP contribution is -2.52. The first-order valence-electron chi connectivity index (χ1n) is 15.9. The van der Waals surface area contributed by atoms with Crippen molar-refractivity contribution in [3.05, 3.63) is 65.2 Å². The number of imide groups is 1. The Kier molecular flexibility index (Phi) is 6.79. The van der Waals surface area contributed by atoms with Crippen molar-refractivity contribution in [2.75, 3.05) is 37.7 Å². The maximum absolute atomic E-state index is 13.0. The number of piperidine rings is 1. The molecule has 3 atom stereocenters. The van der Waals surface area contributed by atoms with E-state index in [4.69, 9.17) is 14.5 Å². The fourth-order valence-corrected chi connectivity index (χ4v) is 7.83. The van der Waals surface area contributed by atoms with Crippen LogP contribution >= 0.6 is 0 Å². The van der Waals surface area contributed by atoms with Crippen molar-refractivity contribution in [1.82, 2.24) is 20.1 Å². The third kappa shape index (κ3) is 4.90. The largest absolute Gasteiger partial charge is 0.489 e. The molecule has 3 aromatic rings. The summed E-state index contributed by atoms with van der Waals surface area (Å²) in [7, 11) is 0. The molecule has 3 amide bonds. The van der Waals surface area contributed by atoms with Crippen LogP contribution in [0.3, 0.4) is 0 Å². The number of fused-ring (bicyclic) bond motifs is 2. The summed E-state index contributed by atoms with van der Waals surface area (Å²) in [4.78, 5) is 48.4. The van der Waals surface area contributed by atoms with Crippen LogP contribution in [0.2, 0.25) is 0 Å². The van der Waals surface area contributed by atoms with Crippen LogP contribution in [0.4, 0.5) is 5.82 Å². The topological polar surface area (TPSA) is 104 Å². The van der Waals surface area contributed by atoms with Gasteiger partial charge in [-0.3, -0.25) is 24.6 Å². The van der Waals surface area contributed by atoms with E-state index in [-0.39, 0.29) is 29.9 Å². The van der Waals surface area contributed by atoms with Crippen LogP contribution in [-0.2, 0) is 27.4 Å². The van der Waals surface area contributed by atoms with Crippen LogP contribution in [-0.4, -0.2) is 83.0 Å². The Morgan fingerprint density at radius 1 is 1.02 bits per heavy atom. The molecule has 0 aliphatic carbocycles. The standard InChI is InChI=1S/C34H37N5O5/c40-31-9-7-29(32(41)36-31)38-19-24-17-25(4-5-27(24)33(38)42)44-26-10-14-37(20-26)18-22-2-6-28-23(16-22)3-8-30(35-28)39-13-1-11-34(39)12-15-43-21-34/h2-6,8,16-17,26,29H,1,7,9-15,18-21H2,(H,36,40,41)/t26-,29?,34-/m0/s1. The normalized spacial score (nSPS) is 27.1. The number of hydrogen-bond donors (Lipinski definition) is 1. The molecule has 2 aromatic carbocycles. The van der Waals surface area contributed by atoms with Gasteiger partial charge in [-0.2, -0.15) is 0 Å². The van der Waals surface area contributed by atoms with E-state index in [1.165, 1.54) is 18.4 Å². The highest BCUT2D eigenvalue weighted by Gasteiger charge is 2.44. The molecule has 1 aromatic heterocycles. The highest BCUT2D eigenvalue weighted by Crippen LogP contribution is 2.39. The van der Waals surface area contributed by atoms with Crippen molar-refractivity contribution in [2.45, 2.75) is 69.3 Å². The summed E-state index contributed by atoms with van der Waals surface area (Å²) < 4.78 is 12.1. The van der Waals surface area contributed by atoms with Gasteiger partial charge in [0.05, 0.1) is 17.7 Å². The Balaban J connectivity index is 0.889. The van der Waals surface area contributed by atoms with Crippen molar-refractivity contribution in [3.63, 3.8) is 0 Å². The summed E-state index contributed by atoms with van der Waals surface area (Å²) in [6.45, 7) is 5.67. The summed E-state index contributed by atoms with van der Waals surface area (Å²) in [5.74, 6) is 0.955. The van der Waals surface area contributed by atoms with E-state index in [0.717, 1.165) is 80.3 Å². The number of hydrogen-bond acceptors (Lipinski definition) is 8. The number of anilines is 1. The molecule has 228 valence electrons. The average Bonchev–Trinajstić information content (AvgIpc) is 3.82. The van der Waals surface area contributed by atoms with Gasteiger partial charge in [-0.25, -0.2) is 4.98 Å². The minimum atomic E-state index is -0.613. The quantitative estimate of drug-likeness (QED) is 0.433. The van der Waals surface area contributed by atoms with Gasteiger partial charge in [0.1, 0.15) is 23.7 Å². The zero-order chi connectivity index (χ0) is 29.8. The number of carbonyl (C=O) groups excluding carboxylic acids is 3. The first-order chi connectivity index (χ1) is 21.4. The van der Waals surface area contributed by atoms with Crippen molar-refractivity contribution < 1.29 is 23.9 Å².